The molecular weight excluding hydrogens is 382 g/mol. The van der Waals surface area contributed by atoms with Crippen LogP contribution in [0.3, 0.4) is 0 Å². The summed E-state index contributed by atoms with van der Waals surface area (Å²) in [7, 11) is 5.58. The lowest BCUT2D eigenvalue weighted by molar-refractivity contribution is 0.0933. The van der Waals surface area contributed by atoms with Crippen molar-refractivity contribution in [3.8, 4) is 22.8 Å². The molecular formula is C23H27N3O4. The highest BCUT2D eigenvalue weighted by Crippen LogP contribution is 2.24. The van der Waals surface area contributed by atoms with Crippen LogP contribution in [0, 0.1) is 0 Å². The van der Waals surface area contributed by atoms with Gasteiger partial charge in [-0.3, -0.25) is 4.79 Å². The van der Waals surface area contributed by atoms with Crippen LogP contribution < -0.4 is 14.8 Å². The third-order valence-electron chi connectivity index (χ3n) is 4.77. The minimum Gasteiger partial charge on any atom is -0.497 e. The topological polar surface area (TPSA) is 76.8 Å². The van der Waals surface area contributed by atoms with Crippen LogP contribution in [-0.2, 0) is 0 Å². The number of methoxy groups -OCH3 is 1. The number of aromatic nitrogens is 1. The van der Waals surface area contributed by atoms with E-state index in [1.165, 1.54) is 0 Å². The molecule has 0 spiro atoms. The van der Waals surface area contributed by atoms with Gasteiger partial charge in [-0.15, -0.1) is 0 Å². The van der Waals surface area contributed by atoms with Gasteiger partial charge in [0.2, 0.25) is 0 Å². The first-order valence-electron chi connectivity index (χ1n) is 9.80. The summed E-state index contributed by atoms with van der Waals surface area (Å²) >= 11 is 0. The largest absolute Gasteiger partial charge is 0.497 e. The van der Waals surface area contributed by atoms with Gasteiger partial charge >= 0.3 is 0 Å². The average molecular weight is 409 g/mol. The Morgan fingerprint density at radius 1 is 1.10 bits per heavy atom. The second-order valence-corrected chi connectivity index (χ2v) is 7.00. The molecule has 0 unspecified atom stereocenters. The third-order valence-corrected chi connectivity index (χ3v) is 4.77. The molecule has 7 heteroatoms. The fourth-order valence-corrected chi connectivity index (χ4v) is 3.10. The van der Waals surface area contributed by atoms with Crippen LogP contribution in [-0.4, -0.2) is 50.3 Å². The van der Waals surface area contributed by atoms with E-state index in [2.05, 4.69) is 15.4 Å². The number of carbonyl (C=O) groups is 1. The maximum Gasteiger partial charge on any atom is 0.273 e. The number of carbonyl (C=O) groups excluding carboxylic acids is 1. The predicted octanol–water partition coefficient (Wildman–Crippen LogP) is 3.78. The fraction of sp³-hybridized carbons (Fsp3) is 0.304. The summed E-state index contributed by atoms with van der Waals surface area (Å²) in [4.78, 5) is 14.6. The van der Waals surface area contributed by atoms with E-state index in [1.807, 2.05) is 69.6 Å². The lowest BCUT2D eigenvalue weighted by atomic mass is 10.1. The van der Waals surface area contributed by atoms with Gasteiger partial charge in [0.1, 0.15) is 11.5 Å². The number of nitrogens with one attached hydrogen (secondary N) is 1. The highest BCUT2D eigenvalue weighted by molar-refractivity contribution is 5.93. The SMILES string of the molecule is CCOc1ccc(-c2cc(C(=O)NC[C@@H](c3ccc(OC)cc3)N(C)C)no2)cc1. The van der Waals surface area contributed by atoms with Gasteiger partial charge in [-0.25, -0.2) is 0 Å². The molecule has 0 aliphatic rings. The molecule has 1 amide bonds. The Bertz CT molecular complexity index is 949. The summed E-state index contributed by atoms with van der Waals surface area (Å²) in [6.45, 7) is 2.98. The van der Waals surface area contributed by atoms with Gasteiger partial charge in [-0.2, -0.15) is 0 Å². The number of rotatable bonds is 9. The minimum atomic E-state index is -0.281. The Kier molecular flexibility index (Phi) is 7.08. The van der Waals surface area contributed by atoms with E-state index >= 15 is 0 Å². The van der Waals surface area contributed by atoms with Crippen LogP contribution in [0.5, 0.6) is 11.5 Å². The maximum atomic E-state index is 12.6. The number of likely N-dealkylation sites (N-methyl/N-ethyl adjacent to an activating group) is 1. The first-order chi connectivity index (χ1) is 14.5. The molecule has 0 radical (unpaired) electrons. The van der Waals surface area contributed by atoms with Crippen LogP contribution in [0.1, 0.15) is 29.0 Å². The van der Waals surface area contributed by atoms with Crippen molar-refractivity contribution in [2.75, 3.05) is 34.4 Å². The Morgan fingerprint density at radius 3 is 2.37 bits per heavy atom. The van der Waals surface area contributed by atoms with E-state index < -0.39 is 0 Å². The summed E-state index contributed by atoms with van der Waals surface area (Å²) in [5.74, 6) is 1.83. The molecule has 30 heavy (non-hydrogen) atoms. The first kappa shape index (κ1) is 21.4. The highest BCUT2D eigenvalue weighted by Gasteiger charge is 2.18. The molecule has 0 fully saturated rings. The van der Waals surface area contributed by atoms with Crippen molar-refractivity contribution in [2.45, 2.75) is 13.0 Å². The van der Waals surface area contributed by atoms with Gasteiger partial charge < -0.3 is 24.2 Å². The van der Waals surface area contributed by atoms with Crippen LogP contribution >= 0.6 is 0 Å². The third kappa shape index (κ3) is 5.18. The van der Waals surface area contributed by atoms with E-state index in [9.17, 15) is 4.79 Å². The van der Waals surface area contributed by atoms with Crippen LogP contribution in [0.15, 0.2) is 59.1 Å². The van der Waals surface area contributed by atoms with Gasteiger partial charge in [0.15, 0.2) is 11.5 Å². The van der Waals surface area contributed by atoms with Gasteiger partial charge in [0.05, 0.1) is 19.8 Å². The molecule has 158 valence electrons. The van der Waals surface area contributed by atoms with Crippen LogP contribution in [0.4, 0.5) is 0 Å². The van der Waals surface area contributed by atoms with Gasteiger partial charge in [-0.1, -0.05) is 17.3 Å². The summed E-state index contributed by atoms with van der Waals surface area (Å²) in [6.07, 6.45) is 0. The maximum absolute atomic E-state index is 12.6. The molecule has 0 aliphatic heterocycles. The van der Waals surface area contributed by atoms with Crippen molar-refractivity contribution >= 4 is 5.91 Å². The lowest BCUT2D eigenvalue weighted by Gasteiger charge is -2.25. The number of hydrogen-bond acceptors (Lipinski definition) is 6. The van der Waals surface area contributed by atoms with E-state index in [0.29, 0.717) is 18.9 Å². The van der Waals surface area contributed by atoms with E-state index in [4.69, 9.17) is 14.0 Å². The Hall–Kier alpha value is -3.32. The zero-order valence-corrected chi connectivity index (χ0v) is 17.7. The van der Waals surface area contributed by atoms with Crippen molar-refractivity contribution < 1.29 is 18.8 Å². The Labute approximate surface area is 176 Å². The Balaban J connectivity index is 1.65. The smallest absolute Gasteiger partial charge is 0.273 e. The van der Waals surface area contributed by atoms with E-state index in [1.54, 1.807) is 13.2 Å². The zero-order chi connectivity index (χ0) is 21.5. The van der Waals surface area contributed by atoms with Gasteiger partial charge in [0.25, 0.3) is 5.91 Å². The summed E-state index contributed by atoms with van der Waals surface area (Å²) in [5, 5.41) is 6.86. The molecule has 1 aromatic heterocycles. The van der Waals surface area contributed by atoms with Gasteiger partial charge in [0, 0.05) is 18.2 Å². The van der Waals surface area contributed by atoms with Crippen LogP contribution in [0.2, 0.25) is 0 Å². The molecule has 1 atom stereocenters. The monoisotopic (exact) mass is 409 g/mol. The number of benzene rings is 2. The summed E-state index contributed by atoms with van der Waals surface area (Å²) < 4.78 is 16.0. The molecule has 3 rings (SSSR count). The summed E-state index contributed by atoms with van der Waals surface area (Å²) in [5.41, 5.74) is 2.15. The van der Waals surface area contributed by atoms with Crippen molar-refractivity contribution in [3.63, 3.8) is 0 Å². The first-order valence-corrected chi connectivity index (χ1v) is 9.80. The molecule has 2 aromatic carbocycles. The Morgan fingerprint density at radius 2 is 1.77 bits per heavy atom. The zero-order valence-electron chi connectivity index (χ0n) is 17.7. The van der Waals surface area contributed by atoms with Crippen molar-refractivity contribution in [2.24, 2.45) is 0 Å². The highest BCUT2D eigenvalue weighted by atomic mass is 16.5. The van der Waals surface area contributed by atoms with Crippen molar-refractivity contribution in [1.82, 2.24) is 15.4 Å². The number of ether oxygens (including phenoxy) is 2. The van der Waals surface area contributed by atoms with Crippen LogP contribution in [0.25, 0.3) is 11.3 Å². The lowest BCUT2D eigenvalue weighted by Crippen LogP contribution is -2.34. The number of amides is 1. The number of nitrogens with zero attached hydrogens (tertiary/aromatic N) is 2. The normalized spacial score (nSPS) is 11.9. The molecule has 1 N–H and O–H groups in total. The second-order valence-electron chi connectivity index (χ2n) is 7.00. The molecule has 1 heterocycles. The average Bonchev–Trinajstić information content (AvgIpc) is 3.25. The molecule has 0 saturated carbocycles. The second kappa shape index (κ2) is 9.93. The van der Waals surface area contributed by atoms with E-state index in [0.717, 1.165) is 22.6 Å². The minimum absolute atomic E-state index is 0.0114. The number of hydrogen-bond donors (Lipinski definition) is 1. The predicted molar refractivity (Wildman–Crippen MR) is 115 cm³/mol. The van der Waals surface area contributed by atoms with Crippen molar-refractivity contribution in [1.29, 1.82) is 0 Å². The van der Waals surface area contributed by atoms with E-state index in [-0.39, 0.29) is 17.6 Å². The standard InChI is InChI=1S/C23H27N3O4/c1-5-29-19-12-8-17(9-13-19)22-14-20(25-30-22)23(27)24-15-21(26(2)3)16-6-10-18(28-4)11-7-16/h6-14,21H,5,15H2,1-4H3,(H,24,27)/t21-/m0/s1. The molecule has 3 aromatic rings. The van der Waals surface area contributed by atoms with Gasteiger partial charge in [-0.05, 0) is 63.0 Å². The molecule has 7 nitrogen and oxygen atoms in total. The molecule has 0 bridgehead atoms. The fourth-order valence-electron chi connectivity index (χ4n) is 3.10. The van der Waals surface area contributed by atoms with Crippen molar-refractivity contribution in [3.05, 3.63) is 65.9 Å². The quantitative estimate of drug-likeness (QED) is 0.580. The molecule has 0 aliphatic carbocycles. The summed E-state index contributed by atoms with van der Waals surface area (Å²) in [6, 6.07) is 16.9. The molecule has 0 saturated heterocycles.